The summed E-state index contributed by atoms with van der Waals surface area (Å²) in [7, 11) is 1.97. The first-order valence-corrected chi connectivity index (χ1v) is 6.85. The molecular weight excluding hydrogens is 286 g/mol. The zero-order chi connectivity index (χ0) is 11.5. The zero-order valence-corrected chi connectivity index (χ0v) is 11.7. The summed E-state index contributed by atoms with van der Waals surface area (Å²) in [5.74, 6) is 0. The molecule has 16 heavy (non-hydrogen) atoms. The van der Waals surface area contributed by atoms with Crippen molar-refractivity contribution in [3.63, 3.8) is 0 Å². The van der Waals surface area contributed by atoms with Crippen molar-refractivity contribution in [2.75, 3.05) is 6.54 Å². The average molecular weight is 300 g/mol. The van der Waals surface area contributed by atoms with Gasteiger partial charge >= 0.3 is 0 Å². The molecule has 0 aliphatic rings. The molecule has 0 aliphatic heterocycles. The fourth-order valence-corrected chi connectivity index (χ4v) is 3.23. The molecule has 0 fully saturated rings. The third kappa shape index (κ3) is 2.36. The van der Waals surface area contributed by atoms with E-state index in [4.69, 9.17) is 0 Å². The molecule has 1 unspecified atom stereocenters. The summed E-state index contributed by atoms with van der Waals surface area (Å²) in [6.07, 6.45) is 1.84. The van der Waals surface area contributed by atoms with Gasteiger partial charge in [0.1, 0.15) is 0 Å². The van der Waals surface area contributed by atoms with Gasteiger partial charge in [-0.25, -0.2) is 0 Å². The maximum Gasteiger partial charge on any atom is 0.0842 e. The molecule has 0 bridgehead atoms. The van der Waals surface area contributed by atoms with Gasteiger partial charge in [-0.05, 0) is 34.6 Å². The van der Waals surface area contributed by atoms with Gasteiger partial charge in [0.2, 0.25) is 0 Å². The number of rotatable bonds is 4. The van der Waals surface area contributed by atoms with Crippen LogP contribution in [0.3, 0.4) is 0 Å². The first-order chi connectivity index (χ1) is 7.72. The van der Waals surface area contributed by atoms with Crippen LogP contribution in [0, 0.1) is 0 Å². The molecule has 5 heteroatoms. The lowest BCUT2D eigenvalue weighted by Crippen LogP contribution is -2.23. The number of thiophene rings is 1. The van der Waals surface area contributed by atoms with Crippen LogP contribution < -0.4 is 5.32 Å². The average Bonchev–Trinajstić information content (AvgIpc) is 2.84. The first-order valence-electron chi connectivity index (χ1n) is 5.17. The van der Waals surface area contributed by atoms with Gasteiger partial charge in [-0.15, -0.1) is 11.3 Å². The lowest BCUT2D eigenvalue weighted by atomic mass is 10.1. The third-order valence-electron chi connectivity index (χ3n) is 2.44. The van der Waals surface area contributed by atoms with Crippen LogP contribution in [0.5, 0.6) is 0 Å². The van der Waals surface area contributed by atoms with Crippen LogP contribution in [0.15, 0.2) is 28.2 Å². The van der Waals surface area contributed by atoms with Crippen LogP contribution in [-0.2, 0) is 7.05 Å². The number of aryl methyl sites for hydroxylation is 1. The molecule has 0 aromatic carbocycles. The van der Waals surface area contributed by atoms with Gasteiger partial charge in [-0.2, -0.15) is 5.10 Å². The second-order valence-electron chi connectivity index (χ2n) is 3.54. The smallest absolute Gasteiger partial charge is 0.0842 e. The van der Waals surface area contributed by atoms with Crippen molar-refractivity contribution in [2.24, 2.45) is 7.05 Å². The molecule has 0 saturated carbocycles. The van der Waals surface area contributed by atoms with E-state index in [2.05, 4.69) is 50.8 Å². The molecule has 1 atom stereocenters. The quantitative estimate of drug-likeness (QED) is 0.941. The van der Waals surface area contributed by atoms with E-state index < -0.39 is 0 Å². The van der Waals surface area contributed by atoms with E-state index in [0.29, 0.717) is 0 Å². The lowest BCUT2D eigenvalue weighted by molar-refractivity contribution is 0.579. The molecule has 0 saturated heterocycles. The highest BCUT2D eigenvalue weighted by Crippen LogP contribution is 2.29. The molecule has 0 aliphatic carbocycles. The van der Waals surface area contributed by atoms with Gasteiger partial charge in [-0.1, -0.05) is 6.92 Å². The van der Waals surface area contributed by atoms with Gasteiger partial charge in [0.15, 0.2) is 0 Å². The minimum atomic E-state index is 0.230. The highest BCUT2D eigenvalue weighted by atomic mass is 79.9. The van der Waals surface area contributed by atoms with Crippen molar-refractivity contribution in [1.29, 1.82) is 0 Å². The summed E-state index contributed by atoms with van der Waals surface area (Å²) in [5, 5.41) is 9.81. The molecule has 2 aromatic rings. The van der Waals surface area contributed by atoms with E-state index in [1.165, 1.54) is 10.6 Å². The summed E-state index contributed by atoms with van der Waals surface area (Å²) >= 11 is 5.25. The van der Waals surface area contributed by atoms with Crippen molar-refractivity contribution in [1.82, 2.24) is 15.1 Å². The number of hydrogen-bond donors (Lipinski definition) is 1. The number of hydrogen-bond acceptors (Lipinski definition) is 3. The Hall–Kier alpha value is -0.650. The summed E-state index contributed by atoms with van der Waals surface area (Å²) in [5.41, 5.74) is 1.19. The van der Waals surface area contributed by atoms with Gasteiger partial charge in [0, 0.05) is 28.0 Å². The predicted molar refractivity (Wildman–Crippen MR) is 70.7 cm³/mol. The van der Waals surface area contributed by atoms with Crippen LogP contribution in [0.25, 0.3) is 0 Å². The van der Waals surface area contributed by atoms with Crippen molar-refractivity contribution in [3.8, 4) is 0 Å². The largest absolute Gasteiger partial charge is 0.305 e. The Balaban J connectivity index is 2.34. The summed E-state index contributed by atoms with van der Waals surface area (Å²) in [4.78, 5) is 1.30. The molecule has 3 nitrogen and oxygen atoms in total. The highest BCUT2D eigenvalue weighted by molar-refractivity contribution is 9.10. The molecule has 2 aromatic heterocycles. The van der Waals surface area contributed by atoms with Crippen molar-refractivity contribution < 1.29 is 0 Å². The molecule has 0 spiro atoms. The molecular formula is C11H14BrN3S. The Morgan fingerprint density at radius 3 is 2.94 bits per heavy atom. The topological polar surface area (TPSA) is 29.9 Å². The number of halogens is 1. The number of nitrogens with one attached hydrogen (secondary N) is 1. The summed E-state index contributed by atoms with van der Waals surface area (Å²) in [6, 6.07) is 4.44. The monoisotopic (exact) mass is 299 g/mol. The fourth-order valence-electron chi connectivity index (χ4n) is 1.70. The predicted octanol–water partition coefficient (Wildman–Crippen LogP) is 2.94. The van der Waals surface area contributed by atoms with Crippen LogP contribution in [0.2, 0.25) is 0 Å². The van der Waals surface area contributed by atoms with E-state index in [9.17, 15) is 0 Å². The minimum Gasteiger partial charge on any atom is -0.305 e. The maximum atomic E-state index is 4.22. The van der Waals surface area contributed by atoms with Crippen LogP contribution in [0.4, 0.5) is 0 Å². The number of aromatic nitrogens is 2. The Labute approximate surface area is 108 Å². The summed E-state index contributed by atoms with van der Waals surface area (Å²) < 4.78 is 3.05. The molecule has 2 rings (SSSR count). The van der Waals surface area contributed by atoms with Gasteiger partial charge < -0.3 is 5.32 Å². The van der Waals surface area contributed by atoms with E-state index in [0.717, 1.165) is 11.0 Å². The van der Waals surface area contributed by atoms with Crippen molar-refractivity contribution in [2.45, 2.75) is 13.0 Å². The standard InChI is InChI=1S/C11H14BrN3S/c1-3-13-11(9-4-5-14-15(9)2)10-6-8(12)7-16-10/h4-7,11,13H,3H2,1-2H3. The van der Waals surface area contributed by atoms with Gasteiger partial charge in [0.25, 0.3) is 0 Å². The van der Waals surface area contributed by atoms with Crippen LogP contribution in [-0.4, -0.2) is 16.3 Å². The molecule has 2 heterocycles. The lowest BCUT2D eigenvalue weighted by Gasteiger charge is -2.16. The van der Waals surface area contributed by atoms with E-state index in [1.807, 2.05) is 17.9 Å². The molecule has 0 radical (unpaired) electrons. The molecule has 1 N–H and O–H groups in total. The zero-order valence-electron chi connectivity index (χ0n) is 9.27. The Morgan fingerprint density at radius 1 is 1.62 bits per heavy atom. The molecule has 86 valence electrons. The second-order valence-corrected chi connectivity index (χ2v) is 5.40. The summed E-state index contributed by atoms with van der Waals surface area (Å²) in [6.45, 7) is 3.05. The SMILES string of the molecule is CCNC(c1cc(Br)cs1)c1ccnn1C. The minimum absolute atomic E-state index is 0.230. The second kappa shape index (κ2) is 5.12. The van der Waals surface area contributed by atoms with E-state index in [-0.39, 0.29) is 6.04 Å². The maximum absolute atomic E-state index is 4.22. The number of nitrogens with zero attached hydrogens (tertiary/aromatic N) is 2. The fraction of sp³-hybridized carbons (Fsp3) is 0.364. The van der Waals surface area contributed by atoms with Gasteiger partial charge in [-0.3, -0.25) is 4.68 Å². The third-order valence-corrected chi connectivity index (χ3v) is 4.19. The van der Waals surface area contributed by atoms with Crippen molar-refractivity contribution >= 4 is 27.3 Å². The Bertz CT molecular complexity index is 463. The normalized spacial score (nSPS) is 12.9. The first kappa shape index (κ1) is 11.8. The van der Waals surface area contributed by atoms with Gasteiger partial charge in [0.05, 0.1) is 11.7 Å². The molecule has 0 amide bonds. The van der Waals surface area contributed by atoms with Crippen LogP contribution >= 0.6 is 27.3 Å². The van der Waals surface area contributed by atoms with Crippen LogP contribution in [0.1, 0.15) is 23.5 Å². The Kier molecular flexibility index (Phi) is 3.78. The van der Waals surface area contributed by atoms with Crippen molar-refractivity contribution in [3.05, 3.63) is 38.8 Å². The Morgan fingerprint density at radius 2 is 2.44 bits per heavy atom. The van der Waals surface area contributed by atoms with E-state index >= 15 is 0 Å². The van der Waals surface area contributed by atoms with E-state index in [1.54, 1.807) is 11.3 Å². The highest BCUT2D eigenvalue weighted by Gasteiger charge is 2.17.